The summed E-state index contributed by atoms with van der Waals surface area (Å²) in [4.78, 5) is 83.5. The number of methoxy groups -OCH3 is 1. The Labute approximate surface area is 818 Å². The zero-order chi connectivity index (χ0) is 105. The summed E-state index contributed by atoms with van der Waals surface area (Å²) in [5.74, 6) is -13.4. The molecule has 0 spiro atoms. The molecule has 4 amide bonds. The fourth-order valence-corrected chi connectivity index (χ4v) is 21.4. The van der Waals surface area contributed by atoms with Crippen LogP contribution in [0.5, 0.6) is 5.75 Å². The standard InChI is InChI=1S/C81H129N5O48S7/c1-41(2)54-22-20-53(21-23-54)36-56(75(90)86-26-16-15-17-27-86)84-74(89)55(85-135(95,96)73-42(3)35-57(115-14)43(4)47(73)8)37-62(88)82-24-18-19-61(87)83-25-28-116-29-30-117-31-32-118-33-34-119-64-44(5)48(9)78(124-58(64)38-120-136(97,98)99)127-66-45(6)50(11)80(131-70(66)76(91)92)129-68-60(40-122-138(103,104)105)125-81(72(134-141(112,113)114)69(68)133-140(109,110)111)128-67-46(7)49(10)79(130-71(67)77(93)94)126-65-51(12)63(132-139(106,107)108)52(13)123-59(65)39-121-137(100,101)102/h20-23,35,41,44-46,48-52,55-56,58-60,63-72,78-81,85H,15-19,24-34,36-40H2,1-14H3,(H,82,88)(H,83,87)(H,84,89)(H,91,92)(H,93,94)(H,97,98,99)(H,100,101,102)(H,103,104,105)(H,106,107,108)(H,109,110,111)(H,112,113,114)/t44-,45-,46-,48-,49-,50-,51-,52-,55+,56-,58-,59-,60-,63-,64+,65+,66+,67+,68-,69+,70+,71-,72-,78-,79-,80-,81-/m1/s1. The van der Waals surface area contributed by atoms with Gasteiger partial charge in [0.15, 0.2) is 43.5 Å². The molecule has 8 rings (SSSR count). The van der Waals surface area contributed by atoms with Crippen LogP contribution in [-0.2, 0) is 194 Å². The molecule has 6 aliphatic heterocycles. The Balaban J connectivity index is 0.827. The van der Waals surface area contributed by atoms with E-state index in [0.717, 1.165) is 30.4 Å². The van der Waals surface area contributed by atoms with Gasteiger partial charge in [-0.1, -0.05) is 86.6 Å². The van der Waals surface area contributed by atoms with Gasteiger partial charge in [-0.3, -0.25) is 46.5 Å². The van der Waals surface area contributed by atoms with Gasteiger partial charge in [-0.15, -0.1) is 0 Å². The van der Waals surface area contributed by atoms with Crippen molar-refractivity contribution in [2.45, 2.75) is 268 Å². The molecule has 53 nitrogen and oxygen atoms in total. The normalized spacial score (nSPS) is 30.0. The van der Waals surface area contributed by atoms with Crippen molar-refractivity contribution in [2.75, 3.05) is 99.4 Å². The van der Waals surface area contributed by atoms with E-state index in [2.05, 4.69) is 29.0 Å². The van der Waals surface area contributed by atoms with E-state index in [1.54, 1.807) is 45.6 Å². The Morgan fingerprint density at radius 1 is 0.461 bits per heavy atom. The van der Waals surface area contributed by atoms with Crippen LogP contribution in [0.3, 0.4) is 0 Å². The second-order valence-electron chi connectivity index (χ2n) is 35.4. The van der Waals surface area contributed by atoms with Crippen LogP contribution in [0.15, 0.2) is 35.2 Å². The lowest BCUT2D eigenvalue weighted by molar-refractivity contribution is -0.368. The Bertz CT molecular complexity index is 5360. The van der Waals surface area contributed by atoms with E-state index in [9.17, 15) is 125 Å². The number of sulfonamides is 1. The average molecular weight is 2170 g/mol. The van der Waals surface area contributed by atoms with Crippen molar-refractivity contribution in [3.05, 3.63) is 58.1 Å². The molecule has 6 aliphatic rings. The van der Waals surface area contributed by atoms with Gasteiger partial charge in [-0.05, 0) is 111 Å². The zero-order valence-electron chi connectivity index (χ0n) is 79.6. The first kappa shape index (κ1) is 120. The molecule has 60 heteroatoms. The zero-order valence-corrected chi connectivity index (χ0v) is 85.3. The second kappa shape index (κ2) is 52.5. The molecule has 2 aromatic rings. The molecule has 0 radical (unpaired) electrons. The SMILES string of the molecule is COc1cc(C)c(S(=O)(=O)N[C@@H](CC(=O)NCCCC(=O)NCCOCCOCCOCCO[C@H]2[C@H](C)[C@@H](C)[C@@H](O[C@H]3[C@H](C)[C@@H](C)[C@H](O[C@H]4[C@H](OS(=O)(=O)O)[C@@H](OS(=O)(=O)O)[C@@H](O[C@H]5[C@H](C)[C@@H](C)[C@H](O[C@H]6[C@H](C)[C@@H](OS(=O)(=O)O)[C@@H](C)O[C@@H]6COS(=O)(=O)O)O[C@H]5C(=O)O)O[C@@H]4COS(=O)(=O)O)O[C@@H]3C(=O)O)O[C@@H]2COS(=O)(=O)O)C(=O)N[C@H](Cc2ccc(C(C)C)cc2)C(=O)N2CCCCC2)c(C)c1C. The topological polar surface area (TPSA) is 739 Å². The fourth-order valence-electron chi connectivity index (χ4n) is 17.2. The number of hydrogen-bond donors (Lipinski definition) is 12. The van der Waals surface area contributed by atoms with Crippen molar-refractivity contribution in [1.29, 1.82) is 0 Å². The molecule has 2 aromatic carbocycles. The third-order valence-corrected chi connectivity index (χ3v) is 29.6. The molecule has 6 saturated heterocycles. The summed E-state index contributed by atoms with van der Waals surface area (Å²) in [6.45, 7) is 17.3. The average Bonchev–Trinajstić information content (AvgIpc) is 0.749. The van der Waals surface area contributed by atoms with Crippen molar-refractivity contribution in [2.24, 2.45) is 41.4 Å². The number of piperidine rings is 1. The number of aliphatic carboxylic acids is 2. The number of rotatable bonds is 54. The van der Waals surface area contributed by atoms with Crippen LogP contribution in [0.2, 0.25) is 0 Å². The lowest BCUT2D eigenvalue weighted by atomic mass is 9.82. The molecule has 0 aromatic heterocycles. The number of likely N-dealkylation sites (tertiary alicyclic amines) is 1. The quantitative estimate of drug-likeness (QED) is 0.0322. The van der Waals surface area contributed by atoms with Gasteiger partial charge in [-0.25, -0.2) is 43.1 Å². The van der Waals surface area contributed by atoms with Crippen LogP contribution < -0.4 is 25.4 Å². The molecule has 141 heavy (non-hydrogen) atoms. The highest BCUT2D eigenvalue weighted by Crippen LogP contribution is 2.45. The number of ether oxygens (including phenoxy) is 14. The predicted molar refractivity (Wildman–Crippen MR) is 480 cm³/mol. The summed E-state index contributed by atoms with van der Waals surface area (Å²) in [6.07, 6.45) is -34.2. The maximum atomic E-state index is 14.5. The highest BCUT2D eigenvalue weighted by Gasteiger charge is 2.60. The maximum Gasteiger partial charge on any atom is 0.397 e. The van der Waals surface area contributed by atoms with E-state index in [1.807, 2.05) is 38.1 Å². The van der Waals surface area contributed by atoms with E-state index in [1.165, 1.54) is 48.7 Å². The number of carbonyl (C=O) groups is 6. The number of carbonyl (C=O) groups excluding carboxylic acids is 4. The van der Waals surface area contributed by atoms with Crippen molar-refractivity contribution in [3.8, 4) is 5.75 Å². The highest BCUT2D eigenvalue weighted by atomic mass is 32.3. The molecule has 0 unspecified atom stereocenters. The van der Waals surface area contributed by atoms with Crippen molar-refractivity contribution < 1.29 is 217 Å². The number of nitrogens with one attached hydrogen (secondary N) is 4. The number of carboxylic acid groups (broad SMARTS) is 2. The minimum absolute atomic E-state index is 0.0185. The molecule has 6 fully saturated rings. The predicted octanol–water partition coefficient (Wildman–Crippen LogP) is 0.840. The molecule has 27 atom stereocenters. The molecule has 6 heterocycles. The van der Waals surface area contributed by atoms with Gasteiger partial charge >= 0.3 is 74.3 Å². The largest absolute Gasteiger partial charge is 0.496 e. The molecule has 0 saturated carbocycles. The third-order valence-electron chi connectivity index (χ3n) is 25.1. The summed E-state index contributed by atoms with van der Waals surface area (Å²) in [5.41, 5.74) is 3.03. The van der Waals surface area contributed by atoms with Gasteiger partial charge in [0.05, 0.1) is 103 Å². The minimum Gasteiger partial charge on any atom is -0.496 e. The maximum absolute atomic E-state index is 14.5. The van der Waals surface area contributed by atoms with Gasteiger partial charge in [0, 0.05) is 62.7 Å². The van der Waals surface area contributed by atoms with E-state index in [-0.39, 0.29) is 101 Å². The number of nitrogens with zero attached hydrogens (tertiary/aromatic N) is 1. The number of benzene rings is 2. The van der Waals surface area contributed by atoms with Crippen LogP contribution in [0.1, 0.15) is 141 Å². The number of carboxylic acids is 2. The number of hydrogen-bond acceptors (Lipinski definition) is 40. The van der Waals surface area contributed by atoms with Crippen molar-refractivity contribution in [3.63, 3.8) is 0 Å². The summed E-state index contributed by atoms with van der Waals surface area (Å²) >= 11 is 0. The van der Waals surface area contributed by atoms with Gasteiger partial charge in [0.25, 0.3) is 0 Å². The van der Waals surface area contributed by atoms with E-state index >= 15 is 0 Å². The fraction of sp³-hybridized carbons (Fsp3) is 0.778. The number of amides is 4. The number of aryl methyl sites for hydroxylation is 1. The molecule has 0 aliphatic carbocycles. The molecule has 0 bridgehead atoms. The Morgan fingerprint density at radius 3 is 1.40 bits per heavy atom. The molecular formula is C81H129N5O48S7. The third kappa shape index (κ3) is 36.3. The second-order valence-corrected chi connectivity index (χ2v) is 43.5. The lowest BCUT2D eigenvalue weighted by Gasteiger charge is -2.51. The minimum atomic E-state index is -6.05. The van der Waals surface area contributed by atoms with Crippen molar-refractivity contribution in [1.82, 2.24) is 25.6 Å². The van der Waals surface area contributed by atoms with Crippen LogP contribution >= 0.6 is 0 Å². The molecule has 12 N–H and O–H groups in total. The van der Waals surface area contributed by atoms with Gasteiger partial charge in [0.2, 0.25) is 33.7 Å². The van der Waals surface area contributed by atoms with Crippen LogP contribution in [0.4, 0.5) is 0 Å². The van der Waals surface area contributed by atoms with E-state index in [4.69, 9.17) is 83.0 Å². The Morgan fingerprint density at radius 2 is 0.901 bits per heavy atom. The monoisotopic (exact) mass is 2160 g/mol. The highest BCUT2D eigenvalue weighted by molar-refractivity contribution is 7.89. The van der Waals surface area contributed by atoms with Crippen LogP contribution in [0, 0.1) is 62.2 Å². The van der Waals surface area contributed by atoms with E-state index in [0.29, 0.717) is 35.5 Å². The first-order valence-electron chi connectivity index (χ1n) is 45.0. The van der Waals surface area contributed by atoms with Crippen molar-refractivity contribution >= 4 is 108 Å². The van der Waals surface area contributed by atoms with E-state index < -0.39 is 287 Å². The van der Waals surface area contributed by atoms with Crippen LogP contribution in [-0.4, -0.2) is 359 Å². The Hall–Kier alpha value is -6.33. The van der Waals surface area contributed by atoms with Crippen LogP contribution in [0.25, 0.3) is 0 Å². The first-order valence-corrected chi connectivity index (χ1v) is 54.6. The summed E-state index contributed by atoms with van der Waals surface area (Å²) in [6, 6.07) is 6.38. The van der Waals surface area contributed by atoms with Gasteiger partial charge in [-0.2, -0.15) is 55.2 Å². The first-order chi connectivity index (χ1) is 65.6. The van der Waals surface area contributed by atoms with Gasteiger partial charge in [0.1, 0.15) is 66.7 Å². The Kier molecular flexibility index (Phi) is 44.7. The van der Waals surface area contributed by atoms with Gasteiger partial charge < -0.3 is 97.4 Å². The summed E-state index contributed by atoms with van der Waals surface area (Å²) < 4.78 is 349. The smallest absolute Gasteiger partial charge is 0.397 e. The summed E-state index contributed by atoms with van der Waals surface area (Å²) in [7, 11) is -36.5. The molecular weight excluding hydrogens is 2040 g/mol. The summed E-state index contributed by atoms with van der Waals surface area (Å²) in [5, 5.41) is 29.8. The lowest BCUT2D eigenvalue weighted by Crippen LogP contribution is -2.66. The molecule has 808 valence electrons.